The molecule has 0 aliphatic rings. The minimum absolute atomic E-state index is 1.23. The van der Waals surface area contributed by atoms with E-state index in [4.69, 9.17) is 0 Å². The minimum atomic E-state index is -1.77. The third-order valence-electron chi connectivity index (χ3n) is 6.41. The van der Waals surface area contributed by atoms with Crippen LogP contribution in [0.25, 0.3) is 0 Å². The molecule has 0 heterocycles. The summed E-state index contributed by atoms with van der Waals surface area (Å²) in [6, 6.07) is 0. The second-order valence-electron chi connectivity index (χ2n) is 9.77. The molecule has 4 nitrogen and oxygen atoms in total. The average Bonchev–Trinajstić information content (AvgIpc) is 2.80. The van der Waals surface area contributed by atoms with Gasteiger partial charge in [-0.2, -0.15) is 0 Å². The largest absolute Gasteiger partial charge is 0.308 e. The van der Waals surface area contributed by atoms with Crippen LogP contribution in [-0.2, 0) is 0 Å². The van der Waals surface area contributed by atoms with Gasteiger partial charge in [-0.25, -0.2) is 0 Å². The smallest absolute Gasteiger partial charge is 0.133 e. The Hall–Kier alpha value is 0.270. The highest BCUT2D eigenvalue weighted by molar-refractivity contribution is 7.66. The van der Waals surface area contributed by atoms with E-state index in [0.29, 0.717) is 0 Å². The maximum atomic E-state index is 3.04. The molecule has 200 valence electrons. The molecule has 0 bridgehead atoms. The highest BCUT2D eigenvalue weighted by Crippen LogP contribution is 2.70. The second kappa shape index (κ2) is 21.5. The molecule has 0 aromatic rings. The van der Waals surface area contributed by atoms with Crippen LogP contribution in [0, 0.1) is 0 Å². The van der Waals surface area contributed by atoms with Gasteiger partial charge in [-0.05, 0) is 51.4 Å². The summed E-state index contributed by atoms with van der Waals surface area (Å²) in [7, 11) is -1.77. The Morgan fingerprint density at radius 1 is 0.303 bits per heavy atom. The van der Waals surface area contributed by atoms with E-state index in [1.807, 2.05) is 0 Å². The van der Waals surface area contributed by atoms with Crippen molar-refractivity contribution in [3.63, 3.8) is 0 Å². The Morgan fingerprint density at radius 3 is 0.848 bits per heavy atom. The van der Waals surface area contributed by atoms with Crippen molar-refractivity contribution in [1.82, 2.24) is 18.7 Å². The van der Waals surface area contributed by atoms with Crippen LogP contribution < -0.4 is 0 Å². The second-order valence-corrected chi connectivity index (χ2v) is 13.1. The molecule has 0 aliphatic heterocycles. The van der Waals surface area contributed by atoms with Crippen LogP contribution in [-0.4, -0.2) is 71.0 Å². The van der Waals surface area contributed by atoms with Crippen molar-refractivity contribution in [2.24, 2.45) is 0 Å². The molecule has 0 aliphatic carbocycles. The fourth-order valence-corrected chi connectivity index (χ4v) is 11.1. The Kier molecular flexibility index (Phi) is 21.7. The van der Waals surface area contributed by atoms with E-state index in [2.05, 4.69) is 74.1 Å². The number of rotatable bonds is 24. The van der Waals surface area contributed by atoms with Gasteiger partial charge in [-0.1, -0.05) is 81.1 Å². The van der Waals surface area contributed by atoms with Crippen molar-refractivity contribution in [3.05, 3.63) is 0 Å². The van der Waals surface area contributed by atoms with Gasteiger partial charge in [0.1, 0.15) is 0 Å². The number of nitrogens with zero attached hydrogens (tertiary/aromatic N) is 4. The fraction of sp³-hybridized carbons (Fsp3) is 1.00. The summed E-state index contributed by atoms with van der Waals surface area (Å²) >= 11 is 0. The maximum absolute atomic E-state index is 3.04. The summed E-state index contributed by atoms with van der Waals surface area (Å²) in [5.74, 6) is 0. The van der Waals surface area contributed by atoms with Crippen molar-refractivity contribution in [3.8, 4) is 0 Å². The third kappa shape index (κ3) is 10.8. The van der Waals surface area contributed by atoms with E-state index < -0.39 is 7.87 Å². The molecule has 0 aromatic heterocycles. The van der Waals surface area contributed by atoms with E-state index in [0.717, 1.165) is 0 Å². The van der Waals surface area contributed by atoms with Crippen LogP contribution >= 0.6 is 7.87 Å². The Balaban J connectivity index is 6.67. The first-order chi connectivity index (χ1) is 16.1. The van der Waals surface area contributed by atoms with E-state index >= 15 is 0 Å². The summed E-state index contributed by atoms with van der Waals surface area (Å²) < 4.78 is 12.1. The molecular weight excluding hydrogens is 423 g/mol. The molecular formula is C28H64N4P+. The molecule has 0 aromatic carbocycles. The minimum Gasteiger partial charge on any atom is -0.133 e. The van der Waals surface area contributed by atoms with Crippen LogP contribution in [0.2, 0.25) is 0 Å². The SMILES string of the molecule is CCCCCCCN(CCC)[P+](N(CCC)CCC)(N(CCC)CCC)N(CCC)CCC. The quantitative estimate of drug-likeness (QED) is 0.0996. The standard InChI is InChI=1S/C28H64N4P/c1-9-17-18-19-20-28-32(27-16-8)33(29(21-10-2)22-11-3,30(23-12-4)24-13-5)31(25-14-6)26-15-7/h9-28H2,1-8H3/q+1. The molecule has 0 saturated heterocycles. The fourth-order valence-electron chi connectivity index (χ4n) is 5.30. The van der Waals surface area contributed by atoms with Crippen LogP contribution in [0.1, 0.15) is 132 Å². The predicted octanol–water partition coefficient (Wildman–Crippen LogP) is 8.71. The van der Waals surface area contributed by atoms with E-state index in [-0.39, 0.29) is 0 Å². The Morgan fingerprint density at radius 2 is 0.576 bits per heavy atom. The molecule has 0 fully saturated rings. The summed E-state index contributed by atoms with van der Waals surface area (Å²) in [6.45, 7) is 28.9. The Bertz CT molecular complexity index is 362. The lowest BCUT2D eigenvalue weighted by molar-refractivity contribution is 0.229. The van der Waals surface area contributed by atoms with Crippen molar-refractivity contribution < 1.29 is 0 Å². The van der Waals surface area contributed by atoms with Gasteiger partial charge in [0.05, 0.1) is 0 Å². The van der Waals surface area contributed by atoms with Gasteiger partial charge in [-0.3, -0.25) is 0 Å². The van der Waals surface area contributed by atoms with Crippen LogP contribution in [0.5, 0.6) is 0 Å². The molecule has 5 heteroatoms. The third-order valence-corrected chi connectivity index (χ3v) is 11.0. The molecule has 0 spiro atoms. The van der Waals surface area contributed by atoms with Crippen molar-refractivity contribution in [2.75, 3.05) is 52.4 Å². The van der Waals surface area contributed by atoms with Crippen molar-refractivity contribution in [1.29, 1.82) is 0 Å². The lowest BCUT2D eigenvalue weighted by Gasteiger charge is -2.51. The summed E-state index contributed by atoms with van der Waals surface area (Å²) in [4.78, 5) is 0. The van der Waals surface area contributed by atoms with Gasteiger partial charge in [0.25, 0.3) is 0 Å². The zero-order valence-electron chi connectivity index (χ0n) is 24.4. The Labute approximate surface area is 211 Å². The first kappa shape index (κ1) is 33.3. The first-order valence-electron chi connectivity index (χ1n) is 15.0. The predicted molar refractivity (Wildman–Crippen MR) is 154 cm³/mol. The highest BCUT2D eigenvalue weighted by Gasteiger charge is 2.59. The van der Waals surface area contributed by atoms with E-state index in [1.54, 1.807) is 0 Å². The summed E-state index contributed by atoms with van der Waals surface area (Å²) in [5, 5.41) is 0. The zero-order valence-corrected chi connectivity index (χ0v) is 25.3. The van der Waals surface area contributed by atoms with Crippen LogP contribution in [0.3, 0.4) is 0 Å². The lowest BCUT2D eigenvalue weighted by Crippen LogP contribution is -2.54. The van der Waals surface area contributed by atoms with Gasteiger partial charge in [0.2, 0.25) is 0 Å². The summed E-state index contributed by atoms with van der Waals surface area (Å²) in [5.41, 5.74) is 0. The molecule has 0 saturated carbocycles. The lowest BCUT2D eigenvalue weighted by atomic mass is 10.1. The molecule has 0 rings (SSSR count). The molecule has 0 unspecified atom stereocenters. The van der Waals surface area contributed by atoms with E-state index in [9.17, 15) is 0 Å². The van der Waals surface area contributed by atoms with Crippen molar-refractivity contribution >= 4 is 7.87 Å². The monoisotopic (exact) mass is 487 g/mol. The average molecular weight is 488 g/mol. The van der Waals surface area contributed by atoms with Crippen LogP contribution in [0.15, 0.2) is 0 Å². The van der Waals surface area contributed by atoms with Crippen molar-refractivity contribution in [2.45, 2.75) is 132 Å². The van der Waals surface area contributed by atoms with Gasteiger partial charge in [-0.15, -0.1) is 18.7 Å². The topological polar surface area (TPSA) is 13.0 Å². The molecule has 0 radical (unpaired) electrons. The highest BCUT2D eigenvalue weighted by atomic mass is 31.2. The van der Waals surface area contributed by atoms with Crippen LogP contribution in [0.4, 0.5) is 0 Å². The summed E-state index contributed by atoms with van der Waals surface area (Å²) in [6.07, 6.45) is 15.6. The number of hydrogen-bond acceptors (Lipinski definition) is 4. The van der Waals surface area contributed by atoms with Gasteiger partial charge >= 0.3 is 7.87 Å². The maximum Gasteiger partial charge on any atom is 0.308 e. The number of hydrogen-bond donors (Lipinski definition) is 0. The molecule has 0 atom stereocenters. The number of unbranched alkanes of at least 4 members (excludes halogenated alkanes) is 4. The zero-order chi connectivity index (χ0) is 25.0. The van der Waals surface area contributed by atoms with Gasteiger partial charge in [0.15, 0.2) is 0 Å². The molecule has 0 amide bonds. The molecule has 33 heavy (non-hydrogen) atoms. The van der Waals surface area contributed by atoms with Gasteiger partial charge in [0, 0.05) is 52.4 Å². The first-order valence-corrected chi connectivity index (χ1v) is 16.6. The molecule has 0 N–H and O–H groups in total. The normalized spacial score (nSPS) is 12.7. The van der Waals surface area contributed by atoms with Gasteiger partial charge < -0.3 is 0 Å². The van der Waals surface area contributed by atoms with E-state index in [1.165, 1.54) is 129 Å².